The summed E-state index contributed by atoms with van der Waals surface area (Å²) in [5, 5.41) is 10.3. The lowest BCUT2D eigenvalue weighted by atomic mass is 10.2. The lowest BCUT2D eigenvalue weighted by Gasteiger charge is -2.08. The lowest BCUT2D eigenvalue weighted by molar-refractivity contribution is 0.601. The van der Waals surface area contributed by atoms with E-state index in [9.17, 15) is 0 Å². The Kier molecular flexibility index (Phi) is 6.18. The number of rotatable bonds is 9. The Labute approximate surface area is 122 Å². The Balaban J connectivity index is 1.65. The Bertz CT molecular complexity index is 449. The molecule has 108 valence electrons. The topological polar surface area (TPSA) is 36.1 Å². The van der Waals surface area contributed by atoms with Crippen LogP contribution in [0.4, 0.5) is 0 Å². The van der Waals surface area contributed by atoms with Crippen molar-refractivity contribution in [3.8, 4) is 0 Å². The Morgan fingerprint density at radius 1 is 1.10 bits per heavy atom. The van der Waals surface area contributed by atoms with E-state index in [0.29, 0.717) is 0 Å². The maximum Gasteiger partial charge on any atom is 0.0650 e. The summed E-state index contributed by atoms with van der Waals surface area (Å²) >= 11 is 0. The predicted molar refractivity (Wildman–Crippen MR) is 85.0 cm³/mol. The molecule has 1 aliphatic rings. The van der Waals surface area contributed by atoms with E-state index in [1.54, 1.807) is 0 Å². The lowest BCUT2D eigenvalue weighted by Crippen LogP contribution is -2.28. The zero-order valence-electron chi connectivity index (χ0n) is 12.3. The standard InChI is InChI=1S/C17H25N3/c1-2-3-11-18-14-20-17-10-9-16(12-17)19-13-15-7-5-4-6-8-15/h4-9,12,18-20H,2-3,10-11,13-14H2,1H3. The normalized spacial score (nSPS) is 13.8. The molecule has 0 spiro atoms. The van der Waals surface area contributed by atoms with Crippen molar-refractivity contribution in [1.82, 2.24) is 16.0 Å². The van der Waals surface area contributed by atoms with Gasteiger partial charge in [-0.15, -0.1) is 0 Å². The molecule has 0 fully saturated rings. The second kappa shape index (κ2) is 8.43. The van der Waals surface area contributed by atoms with Gasteiger partial charge in [-0.2, -0.15) is 0 Å². The van der Waals surface area contributed by atoms with Gasteiger partial charge in [-0.1, -0.05) is 49.8 Å². The molecule has 0 atom stereocenters. The van der Waals surface area contributed by atoms with Crippen LogP contribution in [-0.4, -0.2) is 13.2 Å². The van der Waals surface area contributed by atoms with Gasteiger partial charge in [0.05, 0.1) is 6.67 Å². The quantitative estimate of drug-likeness (QED) is 0.477. The minimum Gasteiger partial charge on any atom is -0.381 e. The molecular formula is C17H25N3. The first kappa shape index (κ1) is 14.7. The van der Waals surface area contributed by atoms with Crippen molar-refractivity contribution >= 4 is 0 Å². The van der Waals surface area contributed by atoms with Crippen LogP contribution in [0, 0.1) is 0 Å². The van der Waals surface area contributed by atoms with Gasteiger partial charge in [0.25, 0.3) is 0 Å². The molecule has 0 saturated carbocycles. The fourth-order valence-electron chi connectivity index (χ4n) is 2.14. The fraction of sp³-hybridized carbons (Fsp3) is 0.412. The molecule has 0 radical (unpaired) electrons. The van der Waals surface area contributed by atoms with Crippen molar-refractivity contribution < 1.29 is 0 Å². The first-order chi connectivity index (χ1) is 9.88. The molecule has 2 rings (SSSR count). The van der Waals surface area contributed by atoms with Crippen LogP contribution in [0.15, 0.2) is 53.9 Å². The van der Waals surface area contributed by atoms with Crippen molar-refractivity contribution in [3.63, 3.8) is 0 Å². The van der Waals surface area contributed by atoms with Gasteiger partial charge < -0.3 is 16.0 Å². The second-order valence-electron chi connectivity index (χ2n) is 5.08. The van der Waals surface area contributed by atoms with E-state index in [1.807, 2.05) is 6.07 Å². The summed E-state index contributed by atoms with van der Waals surface area (Å²) in [4.78, 5) is 0. The number of benzene rings is 1. The number of hydrogen-bond donors (Lipinski definition) is 3. The molecular weight excluding hydrogens is 246 g/mol. The molecule has 0 heterocycles. The highest BCUT2D eigenvalue weighted by molar-refractivity contribution is 5.31. The first-order valence-corrected chi connectivity index (χ1v) is 7.51. The average Bonchev–Trinajstić information content (AvgIpc) is 2.94. The third-order valence-electron chi connectivity index (χ3n) is 3.36. The highest BCUT2D eigenvalue weighted by atomic mass is 15.1. The SMILES string of the molecule is CCCCNCNC1=CC(NCc2ccccc2)=CC1. The molecule has 0 saturated heterocycles. The summed E-state index contributed by atoms with van der Waals surface area (Å²) in [7, 11) is 0. The summed E-state index contributed by atoms with van der Waals surface area (Å²) < 4.78 is 0. The number of nitrogens with one attached hydrogen (secondary N) is 3. The van der Waals surface area contributed by atoms with Crippen molar-refractivity contribution in [3.05, 3.63) is 59.4 Å². The van der Waals surface area contributed by atoms with E-state index >= 15 is 0 Å². The predicted octanol–water partition coefficient (Wildman–Crippen LogP) is 2.88. The molecule has 0 unspecified atom stereocenters. The van der Waals surface area contributed by atoms with Gasteiger partial charge in [0.2, 0.25) is 0 Å². The summed E-state index contributed by atoms with van der Waals surface area (Å²) in [5.41, 5.74) is 3.80. The molecule has 3 N–H and O–H groups in total. The monoisotopic (exact) mass is 271 g/mol. The van der Waals surface area contributed by atoms with Crippen LogP contribution in [0.5, 0.6) is 0 Å². The minimum atomic E-state index is 0.853. The first-order valence-electron chi connectivity index (χ1n) is 7.51. The summed E-state index contributed by atoms with van der Waals surface area (Å²) in [6.45, 7) is 5.03. The second-order valence-corrected chi connectivity index (χ2v) is 5.08. The van der Waals surface area contributed by atoms with Gasteiger partial charge in [0.1, 0.15) is 0 Å². The van der Waals surface area contributed by atoms with E-state index in [1.165, 1.54) is 29.8 Å². The van der Waals surface area contributed by atoms with E-state index in [-0.39, 0.29) is 0 Å². The van der Waals surface area contributed by atoms with E-state index in [2.05, 4.69) is 59.3 Å². The fourth-order valence-corrected chi connectivity index (χ4v) is 2.14. The molecule has 1 aromatic carbocycles. The van der Waals surface area contributed by atoms with Crippen LogP contribution in [0.25, 0.3) is 0 Å². The zero-order valence-corrected chi connectivity index (χ0v) is 12.3. The average molecular weight is 271 g/mol. The number of allylic oxidation sites excluding steroid dienone is 2. The Morgan fingerprint density at radius 2 is 1.95 bits per heavy atom. The van der Waals surface area contributed by atoms with Gasteiger partial charge in [-0.05, 0) is 24.6 Å². The molecule has 3 nitrogen and oxygen atoms in total. The molecule has 1 aliphatic carbocycles. The molecule has 0 amide bonds. The van der Waals surface area contributed by atoms with Gasteiger partial charge in [-0.25, -0.2) is 0 Å². The molecule has 0 aliphatic heterocycles. The highest BCUT2D eigenvalue weighted by Gasteiger charge is 2.05. The van der Waals surface area contributed by atoms with E-state index < -0.39 is 0 Å². The number of hydrogen-bond acceptors (Lipinski definition) is 3. The summed E-state index contributed by atoms with van der Waals surface area (Å²) in [6, 6.07) is 10.5. The van der Waals surface area contributed by atoms with Crippen LogP contribution in [0.3, 0.4) is 0 Å². The van der Waals surface area contributed by atoms with Crippen molar-refractivity contribution in [2.45, 2.75) is 32.7 Å². The van der Waals surface area contributed by atoms with Crippen molar-refractivity contribution in [1.29, 1.82) is 0 Å². The summed E-state index contributed by atoms with van der Waals surface area (Å²) in [6.07, 6.45) is 7.90. The van der Waals surface area contributed by atoms with E-state index in [0.717, 1.165) is 26.2 Å². The third kappa shape index (κ3) is 5.10. The van der Waals surface area contributed by atoms with Crippen LogP contribution in [-0.2, 0) is 6.54 Å². The molecule has 0 bridgehead atoms. The van der Waals surface area contributed by atoms with Gasteiger partial charge in [0, 0.05) is 24.4 Å². The third-order valence-corrected chi connectivity index (χ3v) is 3.36. The zero-order chi connectivity index (χ0) is 14.0. The molecule has 0 aromatic heterocycles. The maximum absolute atomic E-state index is 3.46. The number of unbranched alkanes of at least 4 members (excludes halogenated alkanes) is 1. The van der Waals surface area contributed by atoms with Crippen LogP contribution >= 0.6 is 0 Å². The molecule has 1 aromatic rings. The van der Waals surface area contributed by atoms with Gasteiger partial charge in [0.15, 0.2) is 0 Å². The highest BCUT2D eigenvalue weighted by Crippen LogP contribution is 2.13. The van der Waals surface area contributed by atoms with Crippen LogP contribution in [0.1, 0.15) is 31.7 Å². The minimum absolute atomic E-state index is 0.853. The Morgan fingerprint density at radius 3 is 2.75 bits per heavy atom. The van der Waals surface area contributed by atoms with Crippen molar-refractivity contribution in [2.24, 2.45) is 0 Å². The molecule has 3 heteroatoms. The van der Waals surface area contributed by atoms with Crippen molar-refractivity contribution in [2.75, 3.05) is 13.2 Å². The smallest absolute Gasteiger partial charge is 0.0650 e. The van der Waals surface area contributed by atoms with Crippen LogP contribution < -0.4 is 16.0 Å². The molecule has 20 heavy (non-hydrogen) atoms. The van der Waals surface area contributed by atoms with Crippen LogP contribution in [0.2, 0.25) is 0 Å². The van der Waals surface area contributed by atoms with Gasteiger partial charge >= 0.3 is 0 Å². The maximum atomic E-state index is 3.46. The Hall–Kier alpha value is -1.74. The van der Waals surface area contributed by atoms with E-state index in [4.69, 9.17) is 0 Å². The summed E-state index contributed by atoms with van der Waals surface area (Å²) in [5.74, 6) is 0. The largest absolute Gasteiger partial charge is 0.381 e. The van der Waals surface area contributed by atoms with Gasteiger partial charge in [-0.3, -0.25) is 0 Å².